The van der Waals surface area contributed by atoms with Crippen LogP contribution in [0.1, 0.15) is 31.2 Å². The Bertz CT molecular complexity index is 792. The molecule has 2 saturated heterocycles. The van der Waals surface area contributed by atoms with Gasteiger partial charge in [-0.05, 0) is 37.9 Å². The van der Waals surface area contributed by atoms with Crippen molar-refractivity contribution in [3.8, 4) is 0 Å². The fourth-order valence-corrected chi connectivity index (χ4v) is 4.57. The molecule has 2 aliphatic rings. The van der Waals surface area contributed by atoms with Crippen molar-refractivity contribution in [1.29, 1.82) is 0 Å². The van der Waals surface area contributed by atoms with Gasteiger partial charge in [0, 0.05) is 38.4 Å². The molecule has 7 nitrogen and oxygen atoms in total. The molecular weight excluding hydrogens is 402 g/mol. The second kappa shape index (κ2) is 12.1. The average Bonchev–Trinajstić information content (AvgIpc) is 3.14. The minimum atomic E-state index is 0.0802. The van der Waals surface area contributed by atoms with Crippen LogP contribution in [0.2, 0.25) is 0 Å². The van der Waals surface area contributed by atoms with Gasteiger partial charge in [0.15, 0.2) is 0 Å². The molecule has 0 amide bonds. The minimum Gasteiger partial charge on any atom is -0.376 e. The maximum absolute atomic E-state index is 6.07. The lowest BCUT2D eigenvalue weighted by Gasteiger charge is -2.36. The third-order valence-electron chi connectivity index (χ3n) is 6.44. The Labute approximate surface area is 192 Å². The molecule has 1 aromatic carbocycles. The van der Waals surface area contributed by atoms with Crippen LogP contribution in [-0.4, -0.2) is 80.1 Å². The molecule has 32 heavy (non-hydrogen) atoms. The normalized spacial score (nSPS) is 20.7. The summed E-state index contributed by atoms with van der Waals surface area (Å²) in [7, 11) is 2.17. The zero-order chi connectivity index (χ0) is 22.0. The number of nitrogens with zero attached hydrogens (tertiary/aromatic N) is 4. The SMILES string of the molecule is CN(CCNc1nccc(N2CCCCCC2)n1)C(Cc1ccccc1)C1COCCO1. The van der Waals surface area contributed by atoms with E-state index in [1.807, 2.05) is 12.3 Å². The quantitative estimate of drug-likeness (QED) is 0.644. The van der Waals surface area contributed by atoms with E-state index in [0.717, 1.165) is 38.4 Å². The van der Waals surface area contributed by atoms with Crippen molar-refractivity contribution >= 4 is 11.8 Å². The highest BCUT2D eigenvalue weighted by molar-refractivity contribution is 5.42. The van der Waals surface area contributed by atoms with Gasteiger partial charge in [-0.15, -0.1) is 0 Å². The monoisotopic (exact) mass is 439 g/mol. The van der Waals surface area contributed by atoms with Gasteiger partial charge >= 0.3 is 0 Å². The maximum Gasteiger partial charge on any atom is 0.224 e. The Morgan fingerprint density at radius 2 is 1.91 bits per heavy atom. The van der Waals surface area contributed by atoms with Crippen LogP contribution in [0.5, 0.6) is 0 Å². The van der Waals surface area contributed by atoms with Crippen LogP contribution in [-0.2, 0) is 15.9 Å². The van der Waals surface area contributed by atoms with Crippen LogP contribution in [0.4, 0.5) is 11.8 Å². The minimum absolute atomic E-state index is 0.0802. The number of likely N-dealkylation sites (N-methyl/N-ethyl adjacent to an activating group) is 1. The summed E-state index contributed by atoms with van der Waals surface area (Å²) in [5, 5.41) is 3.43. The van der Waals surface area contributed by atoms with E-state index in [9.17, 15) is 0 Å². The van der Waals surface area contributed by atoms with Crippen LogP contribution < -0.4 is 10.2 Å². The lowest BCUT2D eigenvalue weighted by molar-refractivity contribution is -0.116. The molecule has 4 rings (SSSR count). The summed E-state index contributed by atoms with van der Waals surface area (Å²) in [6.45, 7) is 5.82. The highest BCUT2D eigenvalue weighted by atomic mass is 16.6. The van der Waals surface area contributed by atoms with Crippen LogP contribution in [0.3, 0.4) is 0 Å². The smallest absolute Gasteiger partial charge is 0.224 e. The molecule has 2 fully saturated rings. The predicted molar refractivity (Wildman–Crippen MR) is 128 cm³/mol. The fraction of sp³-hybridized carbons (Fsp3) is 0.600. The number of nitrogens with one attached hydrogen (secondary N) is 1. The van der Waals surface area contributed by atoms with Gasteiger partial charge in [0.2, 0.25) is 5.95 Å². The Balaban J connectivity index is 1.33. The van der Waals surface area contributed by atoms with E-state index < -0.39 is 0 Å². The van der Waals surface area contributed by atoms with Crippen molar-refractivity contribution < 1.29 is 9.47 Å². The topological polar surface area (TPSA) is 62.8 Å². The number of rotatable bonds is 9. The number of anilines is 2. The van der Waals surface area contributed by atoms with Crippen molar-refractivity contribution in [2.24, 2.45) is 0 Å². The Kier molecular flexibility index (Phi) is 8.71. The van der Waals surface area contributed by atoms with Crippen molar-refractivity contribution in [3.63, 3.8) is 0 Å². The first kappa shape index (κ1) is 23.0. The number of hydrogen-bond donors (Lipinski definition) is 1. The zero-order valence-corrected chi connectivity index (χ0v) is 19.3. The largest absolute Gasteiger partial charge is 0.376 e. The highest BCUT2D eigenvalue weighted by Crippen LogP contribution is 2.19. The van der Waals surface area contributed by atoms with Gasteiger partial charge in [-0.3, -0.25) is 4.90 Å². The van der Waals surface area contributed by atoms with E-state index in [4.69, 9.17) is 14.5 Å². The van der Waals surface area contributed by atoms with Crippen LogP contribution in [0.15, 0.2) is 42.6 Å². The molecule has 1 aromatic heterocycles. The molecule has 2 aliphatic heterocycles. The van der Waals surface area contributed by atoms with Crippen LogP contribution >= 0.6 is 0 Å². The summed E-state index contributed by atoms with van der Waals surface area (Å²) in [6.07, 6.45) is 8.01. The Hall–Kier alpha value is -2.22. The molecular formula is C25H37N5O2. The summed E-state index contributed by atoms with van der Waals surface area (Å²) in [4.78, 5) is 14.0. The first-order valence-corrected chi connectivity index (χ1v) is 12.0. The molecule has 0 bridgehead atoms. The molecule has 2 atom stereocenters. The van der Waals surface area contributed by atoms with E-state index >= 15 is 0 Å². The van der Waals surface area contributed by atoms with Crippen molar-refractivity contribution in [2.45, 2.75) is 44.2 Å². The number of ether oxygens (including phenoxy) is 2. The summed E-state index contributed by atoms with van der Waals surface area (Å²) >= 11 is 0. The van der Waals surface area contributed by atoms with E-state index in [1.165, 1.54) is 31.2 Å². The van der Waals surface area contributed by atoms with Crippen LogP contribution in [0, 0.1) is 0 Å². The van der Waals surface area contributed by atoms with Crippen LogP contribution in [0.25, 0.3) is 0 Å². The van der Waals surface area contributed by atoms with E-state index in [1.54, 1.807) is 0 Å². The Morgan fingerprint density at radius 3 is 2.66 bits per heavy atom. The third-order valence-corrected chi connectivity index (χ3v) is 6.44. The predicted octanol–water partition coefficient (Wildman–Crippen LogP) is 3.23. The molecule has 0 spiro atoms. The van der Waals surface area contributed by atoms with Gasteiger partial charge in [0.25, 0.3) is 0 Å². The molecule has 3 heterocycles. The second-order valence-electron chi connectivity index (χ2n) is 8.79. The lowest BCUT2D eigenvalue weighted by Crippen LogP contribution is -2.49. The first-order chi connectivity index (χ1) is 15.8. The molecule has 1 N–H and O–H groups in total. The fourth-order valence-electron chi connectivity index (χ4n) is 4.57. The third kappa shape index (κ3) is 6.64. The van der Waals surface area contributed by atoms with Gasteiger partial charge in [-0.2, -0.15) is 4.98 Å². The van der Waals surface area contributed by atoms with E-state index in [2.05, 4.69) is 57.5 Å². The zero-order valence-electron chi connectivity index (χ0n) is 19.3. The summed E-state index contributed by atoms with van der Waals surface area (Å²) in [5.74, 6) is 1.74. The number of aromatic nitrogens is 2. The molecule has 2 aromatic rings. The standard InChI is InChI=1S/C25H37N5O2/c1-29(22(23-20-31-17-18-32-23)19-21-9-5-4-6-10-21)16-13-27-25-26-12-11-24(28-25)30-14-7-2-3-8-15-30/h4-6,9-12,22-23H,2-3,7-8,13-20H2,1H3,(H,26,27,28). The van der Waals surface area contributed by atoms with Crippen molar-refractivity contribution in [2.75, 3.05) is 63.3 Å². The molecule has 7 heteroatoms. The van der Waals surface area contributed by atoms with Gasteiger partial charge < -0.3 is 19.7 Å². The second-order valence-corrected chi connectivity index (χ2v) is 8.79. The van der Waals surface area contributed by atoms with Gasteiger partial charge in [-0.1, -0.05) is 43.2 Å². The average molecular weight is 440 g/mol. The Morgan fingerprint density at radius 1 is 1.09 bits per heavy atom. The van der Waals surface area contributed by atoms with E-state index in [0.29, 0.717) is 25.8 Å². The maximum atomic E-state index is 6.07. The molecule has 2 unspecified atom stereocenters. The van der Waals surface area contributed by atoms with Gasteiger partial charge in [0.1, 0.15) is 5.82 Å². The number of benzene rings is 1. The summed E-state index contributed by atoms with van der Waals surface area (Å²) in [6, 6.07) is 12.9. The number of hydrogen-bond acceptors (Lipinski definition) is 7. The highest BCUT2D eigenvalue weighted by Gasteiger charge is 2.28. The van der Waals surface area contributed by atoms with E-state index in [-0.39, 0.29) is 12.1 Å². The summed E-state index contributed by atoms with van der Waals surface area (Å²) in [5.41, 5.74) is 1.32. The van der Waals surface area contributed by atoms with Crippen molar-refractivity contribution in [3.05, 3.63) is 48.2 Å². The molecule has 0 saturated carbocycles. The molecule has 0 aliphatic carbocycles. The first-order valence-electron chi connectivity index (χ1n) is 12.0. The molecule has 0 radical (unpaired) electrons. The van der Waals surface area contributed by atoms with Gasteiger partial charge in [-0.25, -0.2) is 4.98 Å². The molecule has 174 valence electrons. The summed E-state index contributed by atoms with van der Waals surface area (Å²) < 4.78 is 11.8. The van der Waals surface area contributed by atoms with Gasteiger partial charge in [0.05, 0.1) is 25.9 Å². The lowest BCUT2D eigenvalue weighted by atomic mass is 10.00. The van der Waals surface area contributed by atoms with Crippen molar-refractivity contribution in [1.82, 2.24) is 14.9 Å².